The monoisotopic (exact) mass is 584 g/mol. The van der Waals surface area contributed by atoms with E-state index in [-0.39, 0.29) is 42.5 Å². The van der Waals surface area contributed by atoms with E-state index < -0.39 is 9.85 Å². The first-order chi connectivity index (χ1) is 15.2. The Hall–Kier alpha value is -3.78. The Balaban J connectivity index is 0.000000602. The average Bonchev–Trinajstić information content (AvgIpc) is 3.37. The van der Waals surface area contributed by atoms with Crippen molar-refractivity contribution in [2.24, 2.45) is 31.9 Å². The largest absolute Gasteiger partial charge is 2.00 e. The number of nitrogens with zero attached hydrogens (tertiary/aromatic N) is 6. The molecule has 0 fully saturated rings. The molecule has 0 spiro atoms. The normalized spacial score (nSPS) is 12.2. The smallest absolute Gasteiger partial charge is 0.741 e. The molecular formula is C16H14N8O6PdS2. The first kappa shape index (κ1) is 29.2. The van der Waals surface area contributed by atoms with Crippen LogP contribution in [0.15, 0.2) is 65.7 Å². The molecule has 14 nitrogen and oxygen atoms in total. The fourth-order valence-electron chi connectivity index (χ4n) is 1.59. The molecule has 0 aliphatic carbocycles. The van der Waals surface area contributed by atoms with Gasteiger partial charge in [-0.25, -0.2) is 0 Å². The van der Waals surface area contributed by atoms with Gasteiger partial charge in [0, 0.05) is 12.4 Å². The van der Waals surface area contributed by atoms with Crippen LogP contribution in [0.5, 0.6) is 0 Å². The van der Waals surface area contributed by atoms with Crippen molar-refractivity contribution in [3.8, 4) is 0 Å². The Morgan fingerprint density at radius 1 is 0.818 bits per heavy atom. The van der Waals surface area contributed by atoms with Crippen LogP contribution < -0.4 is 11.5 Å². The third-order valence-corrected chi connectivity index (χ3v) is 2.89. The van der Waals surface area contributed by atoms with Gasteiger partial charge in [-0.05, 0) is 46.8 Å². The minimum absolute atomic E-state index is 0. The molecule has 17 heteroatoms. The van der Waals surface area contributed by atoms with Crippen molar-refractivity contribution in [3.63, 3.8) is 0 Å². The molecule has 2 aromatic rings. The second kappa shape index (κ2) is 15.9. The Kier molecular flexibility index (Phi) is 14.1. The van der Waals surface area contributed by atoms with Crippen LogP contribution in [-0.2, 0) is 45.7 Å². The number of hydrogen-bond acceptors (Lipinski definition) is 12. The molecule has 2 aromatic heterocycles. The van der Waals surface area contributed by atoms with Gasteiger partial charge in [0.25, 0.3) is 0 Å². The summed E-state index contributed by atoms with van der Waals surface area (Å²) in [5.74, 6) is 0.0516. The van der Waals surface area contributed by atoms with Crippen molar-refractivity contribution >= 4 is 71.9 Å². The zero-order chi connectivity index (χ0) is 23.9. The quantitative estimate of drug-likeness (QED) is 0.115. The van der Waals surface area contributed by atoms with Crippen molar-refractivity contribution in [1.29, 1.82) is 0 Å². The van der Waals surface area contributed by atoms with Crippen LogP contribution >= 0.6 is 0 Å². The number of amidine groups is 2. The van der Waals surface area contributed by atoms with Gasteiger partial charge < -0.3 is 45.6 Å². The van der Waals surface area contributed by atoms with Crippen molar-refractivity contribution in [3.05, 3.63) is 68.2 Å². The standard InChI is InChI=1S/2C8H8N4O3S.Pd/c2*9-8(16)11-10-5-1-2-6-3-4-7(15-6)12(13)14;/h2*1-5H,(H3,9,11,16);/q;;+2/p-2/b2*2-1+,10-5+;. The van der Waals surface area contributed by atoms with E-state index >= 15 is 0 Å². The maximum atomic E-state index is 10.3. The molecule has 4 N–H and O–H groups in total. The van der Waals surface area contributed by atoms with Gasteiger partial charge in [0.1, 0.15) is 21.4 Å². The van der Waals surface area contributed by atoms with E-state index in [4.69, 9.17) is 20.3 Å². The van der Waals surface area contributed by atoms with Gasteiger partial charge in [-0.1, -0.05) is 0 Å². The molecule has 0 aliphatic heterocycles. The van der Waals surface area contributed by atoms with E-state index in [0.29, 0.717) is 11.5 Å². The van der Waals surface area contributed by atoms with Crippen molar-refractivity contribution in [2.75, 3.05) is 0 Å². The summed E-state index contributed by atoms with van der Waals surface area (Å²) in [6.07, 6.45) is 8.62. The number of nitro groups is 2. The van der Waals surface area contributed by atoms with E-state index in [1.807, 2.05) is 0 Å². The molecule has 0 aliphatic rings. The summed E-state index contributed by atoms with van der Waals surface area (Å²) in [5, 5.41) is 34.2. The number of hydrogen-bond donors (Lipinski definition) is 2. The Bertz CT molecular complexity index is 1010. The van der Waals surface area contributed by atoms with Gasteiger partial charge in [-0.15, -0.1) is 0 Å². The molecule has 0 saturated carbocycles. The minimum Gasteiger partial charge on any atom is -0.741 e. The van der Waals surface area contributed by atoms with Crippen LogP contribution in [0.3, 0.4) is 0 Å². The fourth-order valence-corrected chi connectivity index (χ4v) is 1.69. The zero-order valence-corrected chi connectivity index (χ0v) is 19.4. The fraction of sp³-hybridized carbons (Fsp3) is 0. The zero-order valence-electron chi connectivity index (χ0n) is 16.2. The van der Waals surface area contributed by atoms with Crippen LogP contribution in [0.2, 0.25) is 0 Å². The van der Waals surface area contributed by atoms with Crippen LogP contribution in [0.25, 0.3) is 12.2 Å². The number of furan rings is 2. The molecule has 0 aromatic carbocycles. The third-order valence-electron chi connectivity index (χ3n) is 2.72. The molecule has 2 heterocycles. The van der Waals surface area contributed by atoms with Crippen molar-refractivity contribution < 1.29 is 39.1 Å². The molecule has 0 atom stereocenters. The van der Waals surface area contributed by atoms with Gasteiger partial charge in [0.15, 0.2) is 0 Å². The van der Waals surface area contributed by atoms with Gasteiger partial charge >= 0.3 is 32.2 Å². The van der Waals surface area contributed by atoms with Gasteiger partial charge in [0.2, 0.25) is 0 Å². The summed E-state index contributed by atoms with van der Waals surface area (Å²) in [6.45, 7) is 0. The Morgan fingerprint density at radius 3 is 1.45 bits per heavy atom. The van der Waals surface area contributed by atoms with Crippen LogP contribution in [-0.4, -0.2) is 32.6 Å². The third kappa shape index (κ3) is 13.3. The maximum Gasteiger partial charge on any atom is 2.00 e. The topological polar surface area (TPSA) is 214 Å². The van der Waals surface area contributed by atoms with E-state index in [9.17, 15) is 20.2 Å². The molecule has 176 valence electrons. The van der Waals surface area contributed by atoms with E-state index in [1.165, 1.54) is 61.0 Å². The van der Waals surface area contributed by atoms with Gasteiger partial charge in [0.05, 0.1) is 12.1 Å². The van der Waals surface area contributed by atoms with Crippen molar-refractivity contribution in [1.82, 2.24) is 0 Å². The molecule has 0 radical (unpaired) electrons. The Labute approximate surface area is 210 Å². The minimum atomic E-state index is -0.617. The van der Waals surface area contributed by atoms with Crippen molar-refractivity contribution in [2.45, 2.75) is 0 Å². The second-order valence-corrected chi connectivity index (χ2v) is 5.83. The summed E-state index contributed by atoms with van der Waals surface area (Å²) >= 11 is 8.90. The summed E-state index contributed by atoms with van der Waals surface area (Å²) in [7, 11) is 0. The van der Waals surface area contributed by atoms with Gasteiger partial charge in [-0.2, -0.15) is 20.4 Å². The summed E-state index contributed by atoms with van der Waals surface area (Å²) in [5.41, 5.74) is 10.1. The average molecular weight is 585 g/mol. The first-order valence-corrected chi connectivity index (χ1v) is 8.89. The second-order valence-electron chi connectivity index (χ2n) is 4.99. The first-order valence-electron chi connectivity index (χ1n) is 8.08. The van der Waals surface area contributed by atoms with E-state index in [2.05, 4.69) is 45.7 Å². The SMILES string of the molecule is N/C([S-])=N/N=C/C=C/c1ccc([N+](=O)[O-])o1.N/C([S-])=N/N=C/C=C/c1ccc([N+](=O)[O-])o1.[Pd+2]. The molecule has 2 rings (SSSR count). The van der Waals surface area contributed by atoms with E-state index in [1.54, 1.807) is 0 Å². The summed E-state index contributed by atoms with van der Waals surface area (Å²) in [4.78, 5) is 19.3. The van der Waals surface area contributed by atoms with E-state index in [0.717, 1.165) is 0 Å². The molecule has 33 heavy (non-hydrogen) atoms. The predicted octanol–water partition coefficient (Wildman–Crippen LogP) is 2.09. The summed E-state index contributed by atoms with van der Waals surface area (Å²) < 4.78 is 9.69. The van der Waals surface area contributed by atoms with Gasteiger partial charge in [-0.3, -0.25) is 20.2 Å². The Morgan fingerprint density at radius 2 is 1.18 bits per heavy atom. The molecule has 0 saturated heterocycles. The molecule has 0 bridgehead atoms. The molecular weight excluding hydrogens is 571 g/mol. The number of nitrogens with two attached hydrogens (primary N) is 2. The predicted molar refractivity (Wildman–Crippen MR) is 124 cm³/mol. The van der Waals surface area contributed by atoms with Crippen LogP contribution in [0, 0.1) is 20.2 Å². The maximum absolute atomic E-state index is 10.3. The van der Waals surface area contributed by atoms with Crippen LogP contribution in [0.1, 0.15) is 11.5 Å². The molecule has 0 unspecified atom stereocenters. The molecule has 0 amide bonds. The van der Waals surface area contributed by atoms with Crippen LogP contribution in [0.4, 0.5) is 11.8 Å². The summed E-state index contributed by atoms with van der Waals surface area (Å²) in [6, 6.07) is 5.45. The number of rotatable bonds is 8. The number of allylic oxidation sites excluding steroid dienone is 2.